The molecular formula is C10H18OS2. The maximum atomic E-state index is 9.98. The van der Waals surface area contributed by atoms with Crippen molar-refractivity contribution in [1.29, 1.82) is 0 Å². The van der Waals surface area contributed by atoms with Gasteiger partial charge in [-0.3, -0.25) is 0 Å². The van der Waals surface area contributed by atoms with Crippen LogP contribution in [0.25, 0.3) is 0 Å². The maximum absolute atomic E-state index is 9.98. The van der Waals surface area contributed by atoms with E-state index in [1.54, 1.807) is 0 Å². The Morgan fingerprint density at radius 3 is 2.69 bits per heavy atom. The summed E-state index contributed by atoms with van der Waals surface area (Å²) in [6.07, 6.45) is 5.16. The molecule has 0 aromatic heterocycles. The molecule has 1 aliphatic carbocycles. The summed E-state index contributed by atoms with van der Waals surface area (Å²) in [6.45, 7) is 0. The second-order valence-corrected chi connectivity index (χ2v) is 6.58. The van der Waals surface area contributed by atoms with E-state index in [-0.39, 0.29) is 6.10 Å². The van der Waals surface area contributed by atoms with Crippen molar-refractivity contribution in [1.82, 2.24) is 0 Å². The molecule has 3 heteroatoms. The lowest BCUT2D eigenvalue weighted by atomic mass is 9.81. The summed E-state index contributed by atoms with van der Waals surface area (Å²) in [4.78, 5) is 0. The molecule has 0 radical (unpaired) electrons. The van der Waals surface area contributed by atoms with E-state index < -0.39 is 0 Å². The zero-order valence-electron chi connectivity index (χ0n) is 7.95. The normalized spacial score (nSPS) is 32.5. The van der Waals surface area contributed by atoms with Crippen LogP contribution >= 0.6 is 23.5 Å². The van der Waals surface area contributed by atoms with Gasteiger partial charge in [0.15, 0.2) is 0 Å². The molecule has 2 rings (SSSR count). The van der Waals surface area contributed by atoms with Crippen LogP contribution in [0.1, 0.15) is 25.7 Å². The lowest BCUT2D eigenvalue weighted by Gasteiger charge is -2.32. The van der Waals surface area contributed by atoms with Crippen molar-refractivity contribution in [3.63, 3.8) is 0 Å². The molecule has 0 bridgehead atoms. The monoisotopic (exact) mass is 218 g/mol. The van der Waals surface area contributed by atoms with Crippen LogP contribution in [0.3, 0.4) is 0 Å². The molecule has 2 unspecified atom stereocenters. The van der Waals surface area contributed by atoms with Crippen molar-refractivity contribution >= 4 is 23.5 Å². The first-order valence-electron chi connectivity index (χ1n) is 5.23. The molecule has 2 fully saturated rings. The largest absolute Gasteiger partial charge is 0.392 e. The number of aliphatic hydroxyl groups is 1. The van der Waals surface area contributed by atoms with E-state index in [2.05, 4.69) is 0 Å². The first kappa shape index (κ1) is 10.2. The fourth-order valence-electron chi connectivity index (χ4n) is 1.95. The lowest BCUT2D eigenvalue weighted by molar-refractivity contribution is 0.119. The van der Waals surface area contributed by atoms with Crippen molar-refractivity contribution in [2.75, 3.05) is 17.3 Å². The van der Waals surface area contributed by atoms with Gasteiger partial charge in [0.2, 0.25) is 0 Å². The standard InChI is InChI=1S/C10H18OS2/c11-9(6-8-2-1-3-8)10-7-12-4-5-13-10/h8-11H,1-7H2. The van der Waals surface area contributed by atoms with Crippen molar-refractivity contribution in [2.45, 2.75) is 37.0 Å². The fourth-order valence-corrected chi connectivity index (χ4v) is 4.74. The van der Waals surface area contributed by atoms with Crippen LogP contribution in [-0.2, 0) is 0 Å². The van der Waals surface area contributed by atoms with Gasteiger partial charge in [0.1, 0.15) is 0 Å². The predicted molar refractivity (Wildman–Crippen MR) is 61.5 cm³/mol. The van der Waals surface area contributed by atoms with Gasteiger partial charge in [-0.25, -0.2) is 0 Å². The van der Waals surface area contributed by atoms with E-state index in [0.717, 1.165) is 12.3 Å². The first-order chi connectivity index (χ1) is 6.36. The van der Waals surface area contributed by atoms with E-state index >= 15 is 0 Å². The molecule has 0 aromatic carbocycles. The molecule has 2 atom stereocenters. The molecular weight excluding hydrogens is 200 g/mol. The van der Waals surface area contributed by atoms with Gasteiger partial charge in [0.25, 0.3) is 0 Å². The van der Waals surface area contributed by atoms with Gasteiger partial charge in [-0.2, -0.15) is 23.5 Å². The van der Waals surface area contributed by atoms with Gasteiger partial charge < -0.3 is 5.11 Å². The summed E-state index contributed by atoms with van der Waals surface area (Å²) in [5, 5.41) is 10.5. The van der Waals surface area contributed by atoms with Gasteiger partial charge >= 0.3 is 0 Å². The van der Waals surface area contributed by atoms with E-state index in [4.69, 9.17) is 0 Å². The molecule has 13 heavy (non-hydrogen) atoms. The zero-order chi connectivity index (χ0) is 9.10. The summed E-state index contributed by atoms with van der Waals surface area (Å²) in [7, 11) is 0. The first-order valence-corrected chi connectivity index (χ1v) is 7.44. The van der Waals surface area contributed by atoms with E-state index in [1.165, 1.54) is 36.5 Å². The Bertz CT molecular complexity index is 153. The summed E-state index contributed by atoms with van der Waals surface area (Å²) >= 11 is 3.98. The highest BCUT2D eigenvalue weighted by atomic mass is 32.2. The Morgan fingerprint density at radius 1 is 1.31 bits per heavy atom. The molecule has 1 N–H and O–H groups in total. The maximum Gasteiger partial charge on any atom is 0.0669 e. The average Bonchev–Trinajstić information content (AvgIpc) is 2.12. The van der Waals surface area contributed by atoms with Crippen LogP contribution in [-0.4, -0.2) is 33.7 Å². The Morgan fingerprint density at radius 2 is 2.15 bits per heavy atom. The minimum atomic E-state index is -0.0249. The third-order valence-corrected chi connectivity index (χ3v) is 5.98. The average molecular weight is 218 g/mol. The van der Waals surface area contributed by atoms with E-state index in [1.807, 2.05) is 23.5 Å². The Kier molecular flexibility index (Phi) is 3.87. The summed E-state index contributed by atoms with van der Waals surface area (Å²) in [5.41, 5.74) is 0. The van der Waals surface area contributed by atoms with Gasteiger partial charge in [-0.1, -0.05) is 19.3 Å². The molecule has 0 amide bonds. The van der Waals surface area contributed by atoms with Gasteiger partial charge in [0, 0.05) is 22.5 Å². The number of rotatable bonds is 3. The Hall–Kier alpha value is 0.660. The Labute approximate surface area is 89.1 Å². The summed E-state index contributed by atoms with van der Waals surface area (Å²) in [6, 6.07) is 0. The molecule has 1 saturated carbocycles. The fraction of sp³-hybridized carbons (Fsp3) is 1.00. The Balaban J connectivity index is 1.70. The smallest absolute Gasteiger partial charge is 0.0669 e. The number of hydrogen-bond acceptors (Lipinski definition) is 3. The SMILES string of the molecule is OC(CC1CCC1)C1CSCCS1. The van der Waals surface area contributed by atoms with Gasteiger partial charge in [0.05, 0.1) is 6.10 Å². The topological polar surface area (TPSA) is 20.2 Å². The third-order valence-electron chi connectivity index (χ3n) is 3.07. The number of thioether (sulfide) groups is 2. The second kappa shape index (κ2) is 4.94. The van der Waals surface area contributed by atoms with Crippen molar-refractivity contribution in [3.05, 3.63) is 0 Å². The zero-order valence-corrected chi connectivity index (χ0v) is 9.58. The molecule has 0 aromatic rings. The van der Waals surface area contributed by atoms with Gasteiger partial charge in [-0.15, -0.1) is 0 Å². The number of hydrogen-bond donors (Lipinski definition) is 1. The molecule has 1 saturated heterocycles. The van der Waals surface area contributed by atoms with Crippen LogP contribution in [0.5, 0.6) is 0 Å². The molecule has 76 valence electrons. The second-order valence-electron chi connectivity index (χ2n) is 4.08. The van der Waals surface area contributed by atoms with Gasteiger partial charge in [-0.05, 0) is 12.3 Å². The summed E-state index contributed by atoms with van der Waals surface area (Å²) in [5.74, 6) is 4.52. The van der Waals surface area contributed by atoms with Crippen LogP contribution in [0, 0.1) is 5.92 Å². The molecule has 1 nitrogen and oxygen atoms in total. The van der Waals surface area contributed by atoms with Crippen molar-refractivity contribution in [2.24, 2.45) is 5.92 Å². The van der Waals surface area contributed by atoms with Crippen molar-refractivity contribution < 1.29 is 5.11 Å². The molecule has 1 aliphatic heterocycles. The minimum Gasteiger partial charge on any atom is -0.392 e. The molecule has 2 aliphatic rings. The highest BCUT2D eigenvalue weighted by Gasteiger charge is 2.27. The van der Waals surface area contributed by atoms with Crippen LogP contribution in [0.4, 0.5) is 0 Å². The van der Waals surface area contributed by atoms with Crippen LogP contribution in [0.15, 0.2) is 0 Å². The molecule has 1 heterocycles. The van der Waals surface area contributed by atoms with E-state index in [0.29, 0.717) is 5.25 Å². The minimum absolute atomic E-state index is 0.0249. The predicted octanol–water partition coefficient (Wildman–Crippen LogP) is 2.39. The summed E-state index contributed by atoms with van der Waals surface area (Å²) < 4.78 is 0. The quantitative estimate of drug-likeness (QED) is 0.785. The van der Waals surface area contributed by atoms with Crippen LogP contribution < -0.4 is 0 Å². The van der Waals surface area contributed by atoms with Crippen molar-refractivity contribution in [3.8, 4) is 0 Å². The van der Waals surface area contributed by atoms with Crippen LogP contribution in [0.2, 0.25) is 0 Å². The number of aliphatic hydroxyl groups excluding tert-OH is 1. The van der Waals surface area contributed by atoms with E-state index in [9.17, 15) is 5.11 Å². The third kappa shape index (κ3) is 2.80. The lowest BCUT2D eigenvalue weighted by Crippen LogP contribution is -2.32. The molecule has 0 spiro atoms. The highest BCUT2D eigenvalue weighted by Crippen LogP contribution is 2.34. The highest BCUT2D eigenvalue weighted by molar-refractivity contribution is 8.06.